The molecule has 0 radical (unpaired) electrons. The summed E-state index contributed by atoms with van der Waals surface area (Å²) in [5.74, 6) is 0. The third-order valence-corrected chi connectivity index (χ3v) is 10.9. The molecule has 11 rings (SSSR count). The van der Waals surface area contributed by atoms with Crippen molar-refractivity contribution in [2.75, 3.05) is 0 Å². The Hall–Kier alpha value is -7.56. The highest BCUT2D eigenvalue weighted by atomic mass is 14.8. The Morgan fingerprint density at radius 3 is 1.41 bits per heavy atom. The quantitative estimate of drug-likeness (QED) is 0.191. The van der Waals surface area contributed by atoms with Gasteiger partial charge in [0.2, 0.25) is 0 Å². The standard InChI is InChI=1S/C52H34N4/c1-5-17-33(18-6-1)42-29-37-30-43-38-25-13-14-26-39(38)44(54-43)31-45-40-27-15-16-28-41(40)46(55-45)32-47-48(34-19-7-2-8-20-34)49(35-21-9-3-10-22-35)52(56-47)50(51(42)53-37)36-23-11-4-12-24-36/h1-32,54,56H. The molecular weight excluding hydrogens is 681 g/mol. The zero-order chi connectivity index (χ0) is 37.0. The lowest BCUT2D eigenvalue weighted by atomic mass is 9.91. The summed E-state index contributed by atoms with van der Waals surface area (Å²) in [5.41, 5.74) is 18.5. The lowest BCUT2D eigenvalue weighted by molar-refractivity contribution is 1.31. The van der Waals surface area contributed by atoms with E-state index in [2.05, 4.69) is 204 Å². The molecule has 3 aromatic heterocycles. The van der Waals surface area contributed by atoms with Crippen molar-refractivity contribution >= 4 is 44.5 Å². The van der Waals surface area contributed by atoms with Crippen LogP contribution in [0.15, 0.2) is 188 Å². The minimum Gasteiger partial charge on any atom is -0.354 e. The molecule has 5 heterocycles. The Morgan fingerprint density at radius 2 is 0.821 bits per heavy atom. The average Bonchev–Trinajstić information content (AvgIpc) is 4.03. The number of nitrogens with zero attached hydrogens (tertiary/aromatic N) is 2. The summed E-state index contributed by atoms with van der Waals surface area (Å²) in [6.45, 7) is 0. The Labute approximate surface area is 324 Å². The topological polar surface area (TPSA) is 57.4 Å². The number of H-pyrrole nitrogens is 2. The SMILES string of the molecule is C1=C(c2ccccc2)c2nc1cc1[nH]c(cc3nc(cc4[nH]c(c2-c2ccccc2)c(-c2ccccc2)c4-c2ccccc2)-c2ccccc2-3)c2ccccc12. The first-order valence-corrected chi connectivity index (χ1v) is 19.0. The maximum atomic E-state index is 5.58. The van der Waals surface area contributed by atoms with Crippen molar-refractivity contribution in [3.8, 4) is 55.9 Å². The van der Waals surface area contributed by atoms with Crippen molar-refractivity contribution in [1.82, 2.24) is 19.9 Å². The molecule has 2 N–H and O–H groups in total. The van der Waals surface area contributed by atoms with Crippen molar-refractivity contribution in [3.63, 3.8) is 0 Å². The van der Waals surface area contributed by atoms with E-state index in [1.807, 2.05) is 0 Å². The number of aromatic nitrogens is 4. The van der Waals surface area contributed by atoms with Gasteiger partial charge in [-0.1, -0.05) is 170 Å². The second-order valence-corrected chi connectivity index (χ2v) is 14.3. The first-order valence-electron chi connectivity index (χ1n) is 19.0. The number of benzene rings is 6. The van der Waals surface area contributed by atoms with Gasteiger partial charge in [0.05, 0.1) is 28.3 Å². The second-order valence-electron chi connectivity index (χ2n) is 14.3. The van der Waals surface area contributed by atoms with Gasteiger partial charge in [0, 0.05) is 60.7 Å². The van der Waals surface area contributed by atoms with Crippen molar-refractivity contribution in [2.24, 2.45) is 0 Å². The van der Waals surface area contributed by atoms with Crippen molar-refractivity contribution in [3.05, 3.63) is 205 Å². The van der Waals surface area contributed by atoms with Gasteiger partial charge in [0.15, 0.2) is 0 Å². The van der Waals surface area contributed by atoms with Gasteiger partial charge in [-0.05, 0) is 46.5 Å². The van der Waals surface area contributed by atoms with Gasteiger partial charge in [0.1, 0.15) is 0 Å². The van der Waals surface area contributed by atoms with Crippen LogP contribution in [0.3, 0.4) is 0 Å². The molecule has 0 amide bonds. The summed E-state index contributed by atoms with van der Waals surface area (Å²) < 4.78 is 0. The molecule has 4 nitrogen and oxygen atoms in total. The van der Waals surface area contributed by atoms with Gasteiger partial charge in [-0.15, -0.1) is 0 Å². The molecule has 4 heteroatoms. The fourth-order valence-electron chi connectivity index (χ4n) is 8.44. The molecule has 2 aliphatic rings. The molecule has 0 fully saturated rings. The maximum Gasteiger partial charge on any atom is 0.0815 e. The molecule has 0 aliphatic carbocycles. The van der Waals surface area contributed by atoms with E-state index in [4.69, 9.17) is 9.97 Å². The molecule has 9 aromatic rings. The summed E-state index contributed by atoms with van der Waals surface area (Å²) in [7, 11) is 0. The van der Waals surface area contributed by atoms with E-state index in [0.29, 0.717) is 0 Å². The zero-order valence-corrected chi connectivity index (χ0v) is 30.4. The molecule has 0 spiro atoms. The molecule has 8 bridgehead atoms. The van der Waals surface area contributed by atoms with E-state index < -0.39 is 0 Å². The Kier molecular flexibility index (Phi) is 7.46. The Morgan fingerprint density at radius 1 is 0.357 bits per heavy atom. The fourth-order valence-corrected chi connectivity index (χ4v) is 8.44. The van der Waals surface area contributed by atoms with Crippen LogP contribution in [0.5, 0.6) is 0 Å². The third-order valence-electron chi connectivity index (χ3n) is 10.9. The van der Waals surface area contributed by atoms with E-state index in [-0.39, 0.29) is 0 Å². The highest BCUT2D eigenvalue weighted by Crippen LogP contribution is 2.46. The van der Waals surface area contributed by atoms with E-state index >= 15 is 0 Å². The lowest BCUT2D eigenvalue weighted by Crippen LogP contribution is -1.92. The molecule has 2 aliphatic heterocycles. The van der Waals surface area contributed by atoms with Crippen LogP contribution in [0.4, 0.5) is 0 Å². The Balaban J connectivity index is 1.41. The fraction of sp³-hybridized carbons (Fsp3) is 0. The van der Waals surface area contributed by atoms with E-state index in [9.17, 15) is 0 Å². The van der Waals surface area contributed by atoms with E-state index in [1.54, 1.807) is 0 Å². The van der Waals surface area contributed by atoms with Crippen LogP contribution in [-0.4, -0.2) is 19.9 Å². The van der Waals surface area contributed by atoms with E-state index in [1.165, 1.54) is 0 Å². The van der Waals surface area contributed by atoms with E-state index in [0.717, 1.165) is 111 Å². The molecule has 262 valence electrons. The first-order chi connectivity index (χ1) is 27.8. The normalized spacial score (nSPS) is 12.0. The minimum atomic E-state index is 0.875. The van der Waals surface area contributed by atoms with Gasteiger partial charge in [-0.2, -0.15) is 0 Å². The first kappa shape index (κ1) is 31.9. The number of nitrogens with one attached hydrogen (secondary N) is 2. The molecule has 0 unspecified atom stereocenters. The summed E-state index contributed by atoms with van der Waals surface area (Å²) >= 11 is 0. The number of aromatic amines is 2. The number of rotatable bonds is 4. The van der Waals surface area contributed by atoms with Gasteiger partial charge in [0.25, 0.3) is 0 Å². The zero-order valence-electron chi connectivity index (χ0n) is 30.4. The predicted octanol–water partition coefficient (Wildman–Crippen LogP) is 13.4. The van der Waals surface area contributed by atoms with Crippen LogP contribution in [0.25, 0.3) is 100 Å². The number of hydrogen-bond acceptors (Lipinski definition) is 2. The highest BCUT2D eigenvalue weighted by molar-refractivity contribution is 6.12. The summed E-state index contributed by atoms with van der Waals surface area (Å²) in [4.78, 5) is 18.8. The summed E-state index contributed by atoms with van der Waals surface area (Å²) in [5, 5.41) is 2.27. The summed E-state index contributed by atoms with van der Waals surface area (Å²) in [6, 6.07) is 66.5. The third kappa shape index (κ3) is 5.31. The van der Waals surface area contributed by atoms with Crippen LogP contribution >= 0.6 is 0 Å². The number of hydrogen-bond donors (Lipinski definition) is 2. The minimum absolute atomic E-state index is 0.875. The lowest BCUT2D eigenvalue weighted by Gasteiger charge is -2.12. The van der Waals surface area contributed by atoms with Gasteiger partial charge in [-0.3, -0.25) is 0 Å². The van der Waals surface area contributed by atoms with Crippen LogP contribution in [0.2, 0.25) is 0 Å². The summed E-state index contributed by atoms with van der Waals surface area (Å²) in [6.07, 6.45) is 2.24. The van der Waals surface area contributed by atoms with Crippen LogP contribution in [0, 0.1) is 0 Å². The van der Waals surface area contributed by atoms with Crippen LogP contribution in [0.1, 0.15) is 17.0 Å². The predicted molar refractivity (Wildman–Crippen MR) is 233 cm³/mol. The van der Waals surface area contributed by atoms with Crippen LogP contribution < -0.4 is 0 Å². The van der Waals surface area contributed by atoms with Gasteiger partial charge in [-0.25, -0.2) is 9.97 Å². The number of fused-ring (bicyclic) bond motifs is 14. The molecule has 0 saturated carbocycles. The van der Waals surface area contributed by atoms with Gasteiger partial charge < -0.3 is 9.97 Å². The second kappa shape index (κ2) is 13.1. The van der Waals surface area contributed by atoms with Crippen LogP contribution in [-0.2, 0) is 0 Å². The van der Waals surface area contributed by atoms with Crippen molar-refractivity contribution in [2.45, 2.75) is 0 Å². The monoisotopic (exact) mass is 714 g/mol. The molecule has 0 atom stereocenters. The van der Waals surface area contributed by atoms with Gasteiger partial charge >= 0.3 is 0 Å². The molecule has 6 aromatic carbocycles. The molecular formula is C52H34N4. The average molecular weight is 715 g/mol. The maximum absolute atomic E-state index is 5.58. The largest absolute Gasteiger partial charge is 0.354 e. The molecule has 56 heavy (non-hydrogen) atoms. The smallest absolute Gasteiger partial charge is 0.0815 e. The van der Waals surface area contributed by atoms with Crippen molar-refractivity contribution in [1.29, 1.82) is 0 Å². The van der Waals surface area contributed by atoms with Crippen molar-refractivity contribution < 1.29 is 0 Å². The molecule has 0 saturated heterocycles. The Bertz CT molecular complexity index is 3160. The highest BCUT2D eigenvalue weighted by Gasteiger charge is 2.25.